The van der Waals surface area contributed by atoms with E-state index in [1.807, 2.05) is 5.38 Å². The molecule has 5 nitrogen and oxygen atoms in total. The van der Waals surface area contributed by atoms with Gasteiger partial charge in [0.1, 0.15) is 17.3 Å². The molecule has 0 radical (unpaired) electrons. The van der Waals surface area contributed by atoms with Crippen LogP contribution in [0.2, 0.25) is 0 Å². The smallest absolute Gasteiger partial charge is 0.158 e. The molecule has 1 N–H and O–H groups in total. The van der Waals surface area contributed by atoms with Gasteiger partial charge in [-0.1, -0.05) is 0 Å². The van der Waals surface area contributed by atoms with Gasteiger partial charge in [0, 0.05) is 19.1 Å². The lowest BCUT2D eigenvalue weighted by molar-refractivity contribution is 0.0755. The van der Waals surface area contributed by atoms with Crippen molar-refractivity contribution >= 4 is 27.4 Å². The Balaban J connectivity index is 1.67. The first kappa shape index (κ1) is 13.7. The van der Waals surface area contributed by atoms with Crippen LogP contribution in [0.3, 0.4) is 0 Å². The summed E-state index contributed by atoms with van der Waals surface area (Å²) in [6.45, 7) is 5.77. The third kappa shape index (κ3) is 3.08. The molecule has 2 aromatic rings. The summed E-state index contributed by atoms with van der Waals surface area (Å²) in [5.41, 5.74) is 0. The number of hydrogen-bond donors (Lipinski definition) is 1. The fourth-order valence-electron chi connectivity index (χ4n) is 2.30. The Labute approximate surface area is 122 Å². The van der Waals surface area contributed by atoms with E-state index in [0.29, 0.717) is 12.5 Å². The first-order chi connectivity index (χ1) is 9.86. The van der Waals surface area contributed by atoms with Gasteiger partial charge in [-0.2, -0.15) is 0 Å². The molecule has 0 aliphatic carbocycles. The second-order valence-corrected chi connectivity index (χ2v) is 5.80. The molecule has 3 rings (SSSR count). The van der Waals surface area contributed by atoms with Gasteiger partial charge in [0.15, 0.2) is 5.82 Å². The minimum Gasteiger partial charge on any atom is -0.381 e. The van der Waals surface area contributed by atoms with Crippen molar-refractivity contribution in [2.45, 2.75) is 20.0 Å². The van der Waals surface area contributed by atoms with Crippen molar-refractivity contribution in [1.29, 1.82) is 0 Å². The Bertz CT molecular complexity index is 567. The van der Waals surface area contributed by atoms with Crippen molar-refractivity contribution < 1.29 is 9.47 Å². The monoisotopic (exact) mass is 293 g/mol. The Morgan fingerprint density at radius 1 is 1.50 bits per heavy atom. The zero-order valence-corrected chi connectivity index (χ0v) is 12.4. The van der Waals surface area contributed by atoms with Crippen LogP contribution in [0.1, 0.15) is 19.2 Å². The summed E-state index contributed by atoms with van der Waals surface area (Å²) in [5, 5.41) is 6.42. The SMILES string of the molecule is CCNc1nc(COCC2CCOC2)nc2sccc12. The minimum absolute atomic E-state index is 0.461. The van der Waals surface area contributed by atoms with Crippen molar-refractivity contribution in [2.75, 3.05) is 31.7 Å². The molecular formula is C14H19N3O2S. The molecule has 3 heterocycles. The van der Waals surface area contributed by atoms with Crippen molar-refractivity contribution in [1.82, 2.24) is 9.97 Å². The van der Waals surface area contributed by atoms with E-state index in [-0.39, 0.29) is 0 Å². The normalized spacial score (nSPS) is 18.8. The van der Waals surface area contributed by atoms with Gasteiger partial charge in [-0.05, 0) is 24.8 Å². The highest BCUT2D eigenvalue weighted by molar-refractivity contribution is 7.16. The van der Waals surface area contributed by atoms with Crippen LogP contribution in [-0.4, -0.2) is 36.3 Å². The Morgan fingerprint density at radius 3 is 3.25 bits per heavy atom. The Hall–Kier alpha value is -1.24. The number of hydrogen-bond acceptors (Lipinski definition) is 6. The molecule has 1 atom stereocenters. The highest BCUT2D eigenvalue weighted by atomic mass is 32.1. The molecule has 0 saturated carbocycles. The standard InChI is InChI=1S/C14H19N3O2S/c1-2-15-13-11-4-6-20-14(11)17-12(16-13)9-19-8-10-3-5-18-7-10/h4,6,10H,2-3,5,7-9H2,1H3,(H,15,16,17). The minimum atomic E-state index is 0.461. The molecule has 1 unspecified atom stereocenters. The van der Waals surface area contributed by atoms with Gasteiger partial charge in [0.2, 0.25) is 0 Å². The highest BCUT2D eigenvalue weighted by Gasteiger charge is 2.16. The maximum absolute atomic E-state index is 5.73. The summed E-state index contributed by atoms with van der Waals surface area (Å²) in [6.07, 6.45) is 1.09. The maximum atomic E-state index is 5.73. The molecule has 1 aliphatic heterocycles. The first-order valence-corrected chi connectivity index (χ1v) is 7.88. The van der Waals surface area contributed by atoms with Crippen LogP contribution in [-0.2, 0) is 16.1 Å². The van der Waals surface area contributed by atoms with Crippen LogP contribution in [0.25, 0.3) is 10.2 Å². The van der Waals surface area contributed by atoms with Crippen LogP contribution >= 0.6 is 11.3 Å². The van der Waals surface area contributed by atoms with E-state index in [1.54, 1.807) is 11.3 Å². The van der Waals surface area contributed by atoms with E-state index in [4.69, 9.17) is 9.47 Å². The van der Waals surface area contributed by atoms with Gasteiger partial charge in [-0.15, -0.1) is 11.3 Å². The van der Waals surface area contributed by atoms with E-state index in [0.717, 1.165) is 54.6 Å². The number of fused-ring (bicyclic) bond motifs is 1. The molecule has 108 valence electrons. The summed E-state index contributed by atoms with van der Waals surface area (Å²) in [5.74, 6) is 2.17. The number of thiophene rings is 1. The second kappa shape index (κ2) is 6.47. The molecule has 1 aliphatic rings. The third-order valence-electron chi connectivity index (χ3n) is 3.32. The zero-order valence-electron chi connectivity index (χ0n) is 11.6. The summed E-state index contributed by atoms with van der Waals surface area (Å²) in [4.78, 5) is 10.1. The summed E-state index contributed by atoms with van der Waals surface area (Å²) >= 11 is 1.63. The fourth-order valence-corrected chi connectivity index (χ4v) is 3.08. The van der Waals surface area contributed by atoms with E-state index in [2.05, 4.69) is 28.3 Å². The lowest BCUT2D eigenvalue weighted by Crippen LogP contribution is -2.11. The van der Waals surface area contributed by atoms with Gasteiger partial charge in [0.25, 0.3) is 0 Å². The van der Waals surface area contributed by atoms with Gasteiger partial charge in [-0.3, -0.25) is 0 Å². The van der Waals surface area contributed by atoms with Gasteiger partial charge in [0.05, 0.1) is 18.6 Å². The lowest BCUT2D eigenvalue weighted by atomic mass is 10.1. The van der Waals surface area contributed by atoms with Crippen molar-refractivity contribution in [3.63, 3.8) is 0 Å². The third-order valence-corrected chi connectivity index (χ3v) is 4.13. The molecule has 0 bridgehead atoms. The van der Waals surface area contributed by atoms with Crippen LogP contribution in [0.5, 0.6) is 0 Å². The number of nitrogens with zero attached hydrogens (tertiary/aromatic N) is 2. The first-order valence-electron chi connectivity index (χ1n) is 7.00. The lowest BCUT2D eigenvalue weighted by Gasteiger charge is -2.10. The van der Waals surface area contributed by atoms with Crippen LogP contribution in [0.4, 0.5) is 5.82 Å². The molecule has 0 spiro atoms. The summed E-state index contributed by atoms with van der Waals surface area (Å²) in [6, 6.07) is 2.05. The molecule has 0 amide bonds. The Kier molecular flexibility index (Phi) is 4.44. The predicted octanol–water partition coefficient (Wildman–Crippen LogP) is 2.68. The second-order valence-electron chi connectivity index (χ2n) is 4.90. The molecular weight excluding hydrogens is 274 g/mol. The molecule has 2 aromatic heterocycles. The van der Waals surface area contributed by atoms with E-state index in [9.17, 15) is 0 Å². The highest BCUT2D eigenvalue weighted by Crippen LogP contribution is 2.25. The quantitative estimate of drug-likeness (QED) is 0.887. The number of nitrogens with one attached hydrogen (secondary N) is 1. The van der Waals surface area contributed by atoms with Crippen LogP contribution in [0, 0.1) is 5.92 Å². The van der Waals surface area contributed by atoms with Crippen molar-refractivity contribution in [2.24, 2.45) is 5.92 Å². The van der Waals surface area contributed by atoms with Crippen molar-refractivity contribution in [3.05, 3.63) is 17.3 Å². The van der Waals surface area contributed by atoms with Crippen LogP contribution in [0.15, 0.2) is 11.4 Å². The number of ether oxygens (including phenoxy) is 2. The largest absolute Gasteiger partial charge is 0.381 e. The van der Waals surface area contributed by atoms with E-state index < -0.39 is 0 Å². The number of aromatic nitrogens is 2. The average molecular weight is 293 g/mol. The summed E-state index contributed by atoms with van der Waals surface area (Å²) < 4.78 is 11.1. The molecule has 1 saturated heterocycles. The van der Waals surface area contributed by atoms with Gasteiger partial charge < -0.3 is 14.8 Å². The number of rotatable bonds is 6. The molecule has 1 fully saturated rings. The van der Waals surface area contributed by atoms with Crippen molar-refractivity contribution in [3.8, 4) is 0 Å². The van der Waals surface area contributed by atoms with Crippen LogP contribution < -0.4 is 5.32 Å². The topological polar surface area (TPSA) is 56.3 Å². The molecule has 0 aromatic carbocycles. The maximum Gasteiger partial charge on any atom is 0.158 e. The fraction of sp³-hybridized carbons (Fsp3) is 0.571. The average Bonchev–Trinajstić information content (AvgIpc) is 3.09. The summed E-state index contributed by atoms with van der Waals surface area (Å²) in [7, 11) is 0. The Morgan fingerprint density at radius 2 is 2.45 bits per heavy atom. The molecule has 20 heavy (non-hydrogen) atoms. The zero-order chi connectivity index (χ0) is 13.8. The van der Waals surface area contributed by atoms with E-state index >= 15 is 0 Å². The van der Waals surface area contributed by atoms with Gasteiger partial charge in [-0.25, -0.2) is 9.97 Å². The predicted molar refractivity (Wildman–Crippen MR) is 80.2 cm³/mol. The van der Waals surface area contributed by atoms with E-state index in [1.165, 1.54) is 0 Å². The molecule has 6 heteroatoms. The number of anilines is 1. The van der Waals surface area contributed by atoms with Gasteiger partial charge >= 0.3 is 0 Å².